The first-order valence-electron chi connectivity index (χ1n) is 7.25. The quantitative estimate of drug-likeness (QED) is 0.742. The van der Waals surface area contributed by atoms with Crippen LogP contribution in [0.25, 0.3) is 21.9 Å². The molecule has 0 amide bonds. The van der Waals surface area contributed by atoms with Crippen molar-refractivity contribution < 1.29 is 14.3 Å². The third-order valence-corrected chi connectivity index (χ3v) is 3.89. The Morgan fingerprint density at radius 2 is 1.90 bits per heavy atom. The fourth-order valence-electron chi connectivity index (χ4n) is 2.74. The third kappa shape index (κ3) is 2.92. The lowest BCUT2D eigenvalue weighted by Gasteiger charge is -2.08. The van der Waals surface area contributed by atoms with Crippen molar-refractivity contribution >= 4 is 27.9 Å². The Kier molecular flexibility index (Phi) is 3.65. The second-order valence-electron chi connectivity index (χ2n) is 5.67. The van der Waals surface area contributed by atoms with Crippen LogP contribution in [-0.4, -0.2) is 11.1 Å². The number of rotatable bonds is 5. The van der Waals surface area contributed by atoms with Crippen molar-refractivity contribution in [1.29, 1.82) is 0 Å². The van der Waals surface area contributed by atoms with Crippen LogP contribution >= 0.6 is 0 Å². The summed E-state index contributed by atoms with van der Waals surface area (Å²) in [5.74, 6) is -0.530. The maximum Gasteiger partial charge on any atom is 0.303 e. The molecule has 3 rings (SSSR count). The molecule has 21 heavy (non-hydrogen) atoms. The standard InChI is InChI=1S/C18H18O3/c1-12(10-18(19)20)6-7-13-8-9-17-15(11-13)14-4-2-3-5-16(14)21-17/h2-5,8-9,11-12H,6-7,10H2,1H3,(H,19,20). The van der Waals surface area contributed by atoms with Gasteiger partial charge in [0.25, 0.3) is 0 Å². The van der Waals surface area contributed by atoms with Gasteiger partial charge in [-0.25, -0.2) is 0 Å². The molecule has 0 aliphatic rings. The number of aliphatic carboxylic acids is 1. The zero-order valence-corrected chi connectivity index (χ0v) is 12.0. The molecule has 3 aromatic rings. The van der Waals surface area contributed by atoms with E-state index in [4.69, 9.17) is 9.52 Å². The molecule has 0 spiro atoms. The summed E-state index contributed by atoms with van der Waals surface area (Å²) in [5.41, 5.74) is 3.04. The number of hydrogen-bond acceptors (Lipinski definition) is 2. The largest absolute Gasteiger partial charge is 0.481 e. The average molecular weight is 282 g/mol. The van der Waals surface area contributed by atoms with E-state index in [9.17, 15) is 4.79 Å². The van der Waals surface area contributed by atoms with E-state index in [1.165, 1.54) is 5.56 Å². The highest BCUT2D eigenvalue weighted by molar-refractivity contribution is 6.04. The molecule has 1 N–H and O–H groups in total. The van der Waals surface area contributed by atoms with E-state index in [0.717, 1.165) is 34.8 Å². The topological polar surface area (TPSA) is 50.4 Å². The van der Waals surface area contributed by atoms with Crippen LogP contribution in [0.5, 0.6) is 0 Å². The number of hydrogen-bond donors (Lipinski definition) is 1. The fraction of sp³-hybridized carbons (Fsp3) is 0.278. The van der Waals surface area contributed by atoms with E-state index < -0.39 is 5.97 Å². The first kappa shape index (κ1) is 13.7. The van der Waals surface area contributed by atoms with Crippen LogP contribution in [0.3, 0.4) is 0 Å². The molecule has 3 heteroatoms. The number of fused-ring (bicyclic) bond motifs is 3. The smallest absolute Gasteiger partial charge is 0.303 e. The monoisotopic (exact) mass is 282 g/mol. The highest BCUT2D eigenvalue weighted by atomic mass is 16.4. The number of furan rings is 1. The molecule has 0 fully saturated rings. The summed E-state index contributed by atoms with van der Waals surface area (Å²) in [6.07, 6.45) is 2.01. The predicted octanol–water partition coefficient (Wildman–Crippen LogP) is 4.63. The van der Waals surface area contributed by atoms with Crippen molar-refractivity contribution in [3.05, 3.63) is 48.0 Å². The second kappa shape index (κ2) is 5.60. The Morgan fingerprint density at radius 3 is 2.71 bits per heavy atom. The van der Waals surface area contributed by atoms with Crippen molar-refractivity contribution in [3.8, 4) is 0 Å². The molecule has 0 radical (unpaired) electrons. The number of carboxylic acids is 1. The molecule has 0 aliphatic carbocycles. The van der Waals surface area contributed by atoms with Gasteiger partial charge in [0.1, 0.15) is 11.2 Å². The van der Waals surface area contributed by atoms with Crippen LogP contribution in [0, 0.1) is 5.92 Å². The van der Waals surface area contributed by atoms with Crippen LogP contribution in [-0.2, 0) is 11.2 Å². The van der Waals surface area contributed by atoms with Crippen LogP contribution in [0.2, 0.25) is 0 Å². The van der Waals surface area contributed by atoms with E-state index in [1.807, 2.05) is 31.2 Å². The normalized spacial score (nSPS) is 12.8. The van der Waals surface area contributed by atoms with Gasteiger partial charge in [0.15, 0.2) is 0 Å². The molecule has 0 saturated carbocycles. The second-order valence-corrected chi connectivity index (χ2v) is 5.67. The van der Waals surface area contributed by atoms with Crippen LogP contribution in [0.15, 0.2) is 46.9 Å². The number of aryl methyl sites for hydroxylation is 1. The minimum atomic E-state index is -0.723. The molecule has 0 saturated heterocycles. The Labute approximate surface area is 123 Å². The molecular weight excluding hydrogens is 264 g/mol. The van der Waals surface area contributed by atoms with Crippen LogP contribution in [0.1, 0.15) is 25.3 Å². The van der Waals surface area contributed by atoms with Gasteiger partial charge in [-0.05, 0) is 42.5 Å². The summed E-state index contributed by atoms with van der Waals surface area (Å²) in [5, 5.41) is 11.1. The molecule has 0 aliphatic heterocycles. The summed E-state index contributed by atoms with van der Waals surface area (Å²) < 4.78 is 5.81. The summed E-state index contributed by atoms with van der Waals surface area (Å²) >= 11 is 0. The Hall–Kier alpha value is -2.29. The summed E-state index contributed by atoms with van der Waals surface area (Å²) in [4.78, 5) is 10.7. The highest BCUT2D eigenvalue weighted by Gasteiger charge is 2.10. The summed E-state index contributed by atoms with van der Waals surface area (Å²) in [7, 11) is 0. The van der Waals surface area contributed by atoms with Crippen molar-refractivity contribution in [2.45, 2.75) is 26.2 Å². The van der Waals surface area contributed by atoms with Gasteiger partial charge in [-0.1, -0.05) is 31.2 Å². The molecular formula is C18H18O3. The van der Waals surface area contributed by atoms with Gasteiger partial charge >= 0.3 is 5.97 Å². The zero-order chi connectivity index (χ0) is 14.8. The van der Waals surface area contributed by atoms with Crippen LogP contribution < -0.4 is 0 Å². The van der Waals surface area contributed by atoms with Gasteiger partial charge in [-0.2, -0.15) is 0 Å². The van der Waals surface area contributed by atoms with Crippen molar-refractivity contribution in [2.75, 3.05) is 0 Å². The minimum absolute atomic E-state index is 0.194. The van der Waals surface area contributed by atoms with E-state index in [-0.39, 0.29) is 12.3 Å². The predicted molar refractivity (Wildman–Crippen MR) is 83.5 cm³/mol. The molecule has 1 unspecified atom stereocenters. The Balaban J connectivity index is 1.83. The van der Waals surface area contributed by atoms with Crippen molar-refractivity contribution in [3.63, 3.8) is 0 Å². The minimum Gasteiger partial charge on any atom is -0.481 e. The summed E-state index contributed by atoms with van der Waals surface area (Å²) in [6.45, 7) is 1.99. The molecule has 2 aromatic carbocycles. The first-order valence-corrected chi connectivity index (χ1v) is 7.25. The fourth-order valence-corrected chi connectivity index (χ4v) is 2.74. The average Bonchev–Trinajstić information content (AvgIpc) is 2.82. The molecule has 108 valence electrons. The number of benzene rings is 2. The van der Waals surface area contributed by atoms with Gasteiger partial charge < -0.3 is 9.52 Å². The van der Waals surface area contributed by atoms with E-state index >= 15 is 0 Å². The van der Waals surface area contributed by atoms with E-state index in [0.29, 0.717) is 0 Å². The maximum absolute atomic E-state index is 10.7. The van der Waals surface area contributed by atoms with E-state index in [1.54, 1.807) is 0 Å². The van der Waals surface area contributed by atoms with Gasteiger partial charge in [0.2, 0.25) is 0 Å². The Morgan fingerprint density at radius 1 is 1.14 bits per heavy atom. The highest BCUT2D eigenvalue weighted by Crippen LogP contribution is 2.29. The van der Waals surface area contributed by atoms with Gasteiger partial charge in [-0.15, -0.1) is 0 Å². The van der Waals surface area contributed by atoms with Crippen molar-refractivity contribution in [2.24, 2.45) is 5.92 Å². The SMILES string of the molecule is CC(CCc1ccc2oc3ccccc3c2c1)CC(=O)O. The number of para-hydroxylation sites is 1. The van der Waals surface area contributed by atoms with Crippen LogP contribution in [0.4, 0.5) is 0 Å². The summed E-state index contributed by atoms with van der Waals surface area (Å²) in [6, 6.07) is 14.3. The van der Waals surface area contributed by atoms with Gasteiger partial charge in [-0.3, -0.25) is 4.79 Å². The zero-order valence-electron chi connectivity index (χ0n) is 12.0. The molecule has 1 heterocycles. The first-order chi connectivity index (χ1) is 10.1. The molecule has 1 aromatic heterocycles. The molecule has 0 bridgehead atoms. The lowest BCUT2D eigenvalue weighted by Crippen LogP contribution is -2.05. The van der Waals surface area contributed by atoms with Crippen molar-refractivity contribution in [1.82, 2.24) is 0 Å². The van der Waals surface area contributed by atoms with Gasteiger partial charge in [0.05, 0.1) is 0 Å². The lowest BCUT2D eigenvalue weighted by atomic mass is 9.97. The lowest BCUT2D eigenvalue weighted by molar-refractivity contribution is -0.138. The molecule has 3 nitrogen and oxygen atoms in total. The molecule has 1 atom stereocenters. The third-order valence-electron chi connectivity index (χ3n) is 3.89. The van der Waals surface area contributed by atoms with Gasteiger partial charge in [0, 0.05) is 17.2 Å². The Bertz CT molecular complexity index is 785. The maximum atomic E-state index is 10.7. The van der Waals surface area contributed by atoms with E-state index in [2.05, 4.69) is 18.2 Å². The number of carboxylic acid groups (broad SMARTS) is 1. The number of carbonyl (C=O) groups is 1.